The lowest BCUT2D eigenvalue weighted by Gasteiger charge is -2.14. The average molecular weight is 368 g/mol. The van der Waals surface area contributed by atoms with Crippen molar-refractivity contribution in [1.82, 2.24) is 9.97 Å². The van der Waals surface area contributed by atoms with Crippen molar-refractivity contribution < 1.29 is 8.42 Å². The molecule has 7 heteroatoms. The molecule has 2 N–H and O–H groups in total. The molecule has 0 saturated heterocycles. The van der Waals surface area contributed by atoms with Gasteiger partial charge in [-0.1, -0.05) is 30.3 Å². The largest absolute Gasteiger partial charge is 0.363 e. The Morgan fingerprint density at radius 1 is 1.04 bits per heavy atom. The van der Waals surface area contributed by atoms with Crippen LogP contribution in [0.25, 0.3) is 11.0 Å². The van der Waals surface area contributed by atoms with E-state index in [4.69, 9.17) is 0 Å². The van der Waals surface area contributed by atoms with Crippen LogP contribution in [0.5, 0.6) is 0 Å². The summed E-state index contributed by atoms with van der Waals surface area (Å²) >= 11 is 0. The molecule has 0 fully saturated rings. The molecule has 0 atom stereocenters. The van der Waals surface area contributed by atoms with E-state index in [0.717, 1.165) is 5.56 Å². The molecule has 2 aromatic carbocycles. The minimum Gasteiger partial charge on any atom is -0.363 e. The van der Waals surface area contributed by atoms with Gasteiger partial charge in [0.1, 0.15) is 0 Å². The van der Waals surface area contributed by atoms with Gasteiger partial charge >= 0.3 is 0 Å². The van der Waals surface area contributed by atoms with Crippen molar-refractivity contribution in [2.24, 2.45) is 0 Å². The fourth-order valence-electron chi connectivity index (χ4n) is 2.54. The van der Waals surface area contributed by atoms with E-state index >= 15 is 0 Å². The standard InChI is InChI=1S/C19H20N4O2S/c1-4-11-20-18-19(22-16-8-6-5-7-15(16)21-18)23-26(24,25)17-12-13(2)9-10-14(17)3/h4-10,12H,1,11H2,2-3H3,(H,20,21)(H,22,23). The lowest BCUT2D eigenvalue weighted by atomic mass is 10.2. The molecule has 3 aromatic rings. The molecular weight excluding hydrogens is 348 g/mol. The SMILES string of the molecule is C=CCNc1nc2ccccc2nc1NS(=O)(=O)c1cc(C)ccc1C. The Balaban J connectivity index is 2.08. The molecular formula is C19H20N4O2S. The van der Waals surface area contributed by atoms with Crippen molar-refractivity contribution in [2.45, 2.75) is 18.7 Å². The third-order valence-corrected chi connectivity index (χ3v) is 5.33. The summed E-state index contributed by atoms with van der Waals surface area (Å²) in [4.78, 5) is 9.15. The third kappa shape index (κ3) is 3.67. The van der Waals surface area contributed by atoms with Crippen LogP contribution in [-0.4, -0.2) is 24.9 Å². The summed E-state index contributed by atoms with van der Waals surface area (Å²) < 4.78 is 28.4. The van der Waals surface area contributed by atoms with Gasteiger partial charge in [0.25, 0.3) is 10.0 Å². The Morgan fingerprint density at radius 3 is 2.35 bits per heavy atom. The molecule has 0 amide bonds. The highest BCUT2D eigenvalue weighted by Crippen LogP contribution is 2.25. The minimum absolute atomic E-state index is 0.159. The van der Waals surface area contributed by atoms with Crippen molar-refractivity contribution in [2.75, 3.05) is 16.6 Å². The van der Waals surface area contributed by atoms with Crippen LogP contribution >= 0.6 is 0 Å². The van der Waals surface area contributed by atoms with E-state index in [1.807, 2.05) is 31.2 Å². The molecule has 0 bridgehead atoms. The van der Waals surface area contributed by atoms with Gasteiger partial charge in [-0.3, -0.25) is 4.72 Å². The molecule has 26 heavy (non-hydrogen) atoms. The number of anilines is 2. The number of sulfonamides is 1. The van der Waals surface area contributed by atoms with Crippen molar-refractivity contribution >= 4 is 32.7 Å². The third-order valence-electron chi connectivity index (χ3n) is 3.85. The zero-order valence-corrected chi connectivity index (χ0v) is 15.5. The summed E-state index contributed by atoms with van der Waals surface area (Å²) in [5, 5.41) is 3.04. The Bertz CT molecular complexity index is 1080. The van der Waals surface area contributed by atoms with E-state index in [9.17, 15) is 8.42 Å². The number of hydrogen-bond donors (Lipinski definition) is 2. The lowest BCUT2D eigenvalue weighted by Crippen LogP contribution is -2.17. The first-order valence-electron chi connectivity index (χ1n) is 8.12. The Morgan fingerprint density at radius 2 is 1.69 bits per heavy atom. The van der Waals surface area contributed by atoms with Crippen molar-refractivity contribution in [3.05, 3.63) is 66.2 Å². The second kappa shape index (κ2) is 7.13. The average Bonchev–Trinajstić information content (AvgIpc) is 2.61. The van der Waals surface area contributed by atoms with Crippen LogP contribution in [-0.2, 0) is 10.0 Å². The number of para-hydroxylation sites is 2. The highest BCUT2D eigenvalue weighted by molar-refractivity contribution is 7.92. The van der Waals surface area contributed by atoms with Gasteiger partial charge in [-0.15, -0.1) is 6.58 Å². The number of nitrogens with zero attached hydrogens (tertiary/aromatic N) is 2. The number of aryl methyl sites for hydroxylation is 2. The fraction of sp³-hybridized carbons (Fsp3) is 0.158. The van der Waals surface area contributed by atoms with Crippen LogP contribution in [0.4, 0.5) is 11.6 Å². The molecule has 134 valence electrons. The van der Waals surface area contributed by atoms with E-state index < -0.39 is 10.0 Å². The number of rotatable bonds is 6. The number of nitrogens with one attached hydrogen (secondary N) is 2. The second-order valence-corrected chi connectivity index (χ2v) is 7.60. The molecule has 0 saturated carbocycles. The van der Waals surface area contributed by atoms with Gasteiger partial charge in [-0.2, -0.15) is 0 Å². The minimum atomic E-state index is -3.80. The maximum Gasteiger partial charge on any atom is 0.263 e. The van der Waals surface area contributed by atoms with E-state index in [1.165, 1.54) is 0 Å². The highest BCUT2D eigenvalue weighted by Gasteiger charge is 2.20. The Hall–Kier alpha value is -2.93. The monoisotopic (exact) mass is 368 g/mol. The van der Waals surface area contributed by atoms with Crippen LogP contribution < -0.4 is 10.0 Å². The van der Waals surface area contributed by atoms with Crippen LogP contribution in [0.15, 0.2) is 60.0 Å². The maximum absolute atomic E-state index is 12.9. The van der Waals surface area contributed by atoms with Crippen molar-refractivity contribution in [3.63, 3.8) is 0 Å². The molecule has 6 nitrogen and oxygen atoms in total. The van der Waals surface area contributed by atoms with E-state index in [0.29, 0.717) is 29.0 Å². The Labute approximate surface area is 153 Å². The first kappa shape index (κ1) is 17.9. The summed E-state index contributed by atoms with van der Waals surface area (Å²) in [7, 11) is -3.80. The van der Waals surface area contributed by atoms with Crippen LogP contribution in [0.3, 0.4) is 0 Å². The van der Waals surface area contributed by atoms with Gasteiger partial charge in [0.15, 0.2) is 11.6 Å². The van der Waals surface area contributed by atoms with Gasteiger partial charge in [0.2, 0.25) is 0 Å². The molecule has 1 aromatic heterocycles. The topological polar surface area (TPSA) is 84.0 Å². The smallest absolute Gasteiger partial charge is 0.263 e. The van der Waals surface area contributed by atoms with E-state index in [2.05, 4.69) is 26.6 Å². The summed E-state index contributed by atoms with van der Waals surface area (Å²) in [6, 6.07) is 12.6. The van der Waals surface area contributed by atoms with Gasteiger partial charge in [-0.25, -0.2) is 18.4 Å². The molecule has 0 unspecified atom stereocenters. The van der Waals surface area contributed by atoms with Crippen molar-refractivity contribution in [3.8, 4) is 0 Å². The number of benzene rings is 2. The first-order chi connectivity index (χ1) is 12.4. The first-order valence-corrected chi connectivity index (χ1v) is 9.60. The second-order valence-electron chi connectivity index (χ2n) is 5.95. The van der Waals surface area contributed by atoms with Crippen LogP contribution in [0.1, 0.15) is 11.1 Å². The molecule has 0 radical (unpaired) electrons. The van der Waals surface area contributed by atoms with E-state index in [1.54, 1.807) is 31.2 Å². The molecule has 0 aliphatic rings. The molecule has 0 spiro atoms. The van der Waals surface area contributed by atoms with Crippen LogP contribution in [0.2, 0.25) is 0 Å². The summed E-state index contributed by atoms with van der Waals surface area (Å²) in [6.07, 6.45) is 1.67. The number of hydrogen-bond acceptors (Lipinski definition) is 5. The van der Waals surface area contributed by atoms with Gasteiger partial charge in [0, 0.05) is 6.54 Å². The fourth-order valence-corrected chi connectivity index (χ4v) is 3.88. The summed E-state index contributed by atoms with van der Waals surface area (Å²) in [5.41, 5.74) is 2.81. The number of fused-ring (bicyclic) bond motifs is 1. The number of aromatic nitrogens is 2. The van der Waals surface area contributed by atoms with Gasteiger partial charge in [-0.05, 0) is 43.2 Å². The summed E-state index contributed by atoms with van der Waals surface area (Å²) in [5.74, 6) is 0.518. The zero-order valence-electron chi connectivity index (χ0n) is 14.7. The summed E-state index contributed by atoms with van der Waals surface area (Å²) in [6.45, 7) is 7.71. The van der Waals surface area contributed by atoms with Crippen molar-refractivity contribution in [1.29, 1.82) is 0 Å². The molecule has 3 rings (SSSR count). The lowest BCUT2D eigenvalue weighted by molar-refractivity contribution is 0.600. The van der Waals surface area contributed by atoms with E-state index in [-0.39, 0.29) is 10.7 Å². The highest BCUT2D eigenvalue weighted by atomic mass is 32.2. The maximum atomic E-state index is 12.9. The van der Waals surface area contributed by atoms with Gasteiger partial charge < -0.3 is 5.32 Å². The Kier molecular flexibility index (Phi) is 4.90. The molecule has 1 heterocycles. The normalized spacial score (nSPS) is 11.3. The predicted molar refractivity (Wildman–Crippen MR) is 105 cm³/mol. The van der Waals surface area contributed by atoms with Gasteiger partial charge in [0.05, 0.1) is 15.9 Å². The van der Waals surface area contributed by atoms with Crippen LogP contribution in [0, 0.1) is 13.8 Å². The quantitative estimate of drug-likeness (QED) is 0.649. The molecule has 0 aliphatic heterocycles. The zero-order chi connectivity index (χ0) is 18.7. The predicted octanol–water partition coefficient (Wildman–Crippen LogP) is 3.65. The molecule has 0 aliphatic carbocycles.